The van der Waals surface area contributed by atoms with Crippen molar-refractivity contribution >= 4 is 33.4 Å². The van der Waals surface area contributed by atoms with Gasteiger partial charge in [0.2, 0.25) is 0 Å². The average molecular weight is 306 g/mol. The van der Waals surface area contributed by atoms with Gasteiger partial charge < -0.3 is 10.6 Å². The van der Waals surface area contributed by atoms with Crippen molar-refractivity contribution < 1.29 is 4.79 Å². The van der Waals surface area contributed by atoms with E-state index in [2.05, 4.69) is 15.9 Å². The van der Waals surface area contributed by atoms with Gasteiger partial charge in [0.1, 0.15) is 0 Å². The first-order valence-electron chi connectivity index (χ1n) is 4.97. The fourth-order valence-electron chi connectivity index (χ4n) is 1.30. The Kier molecular flexibility index (Phi) is 5.25. The Morgan fingerprint density at radius 3 is 2.88 bits per heavy atom. The van der Waals surface area contributed by atoms with Gasteiger partial charge in [-0.25, -0.2) is 0 Å². The molecule has 0 saturated carbocycles. The highest BCUT2D eigenvalue weighted by atomic mass is 79.9. The molecule has 0 spiro atoms. The van der Waals surface area contributed by atoms with E-state index >= 15 is 0 Å². The predicted molar refractivity (Wildman–Crippen MR) is 69.8 cm³/mol. The SMILES string of the molecule is CN(CCCN)C(=O)c1cccc(Br)c1Cl. The molecule has 0 bridgehead atoms. The van der Waals surface area contributed by atoms with Crippen LogP contribution in [0.25, 0.3) is 0 Å². The second-order valence-corrected chi connectivity index (χ2v) is 4.70. The van der Waals surface area contributed by atoms with Crippen LogP contribution < -0.4 is 5.73 Å². The Balaban J connectivity index is 2.84. The van der Waals surface area contributed by atoms with Gasteiger partial charge in [-0.3, -0.25) is 4.79 Å². The molecule has 0 unspecified atom stereocenters. The zero-order valence-electron chi connectivity index (χ0n) is 9.04. The molecule has 3 nitrogen and oxygen atoms in total. The van der Waals surface area contributed by atoms with Crippen LogP contribution >= 0.6 is 27.5 Å². The van der Waals surface area contributed by atoms with Crippen LogP contribution in [0.5, 0.6) is 0 Å². The van der Waals surface area contributed by atoms with Gasteiger partial charge in [-0.1, -0.05) is 17.7 Å². The van der Waals surface area contributed by atoms with Gasteiger partial charge in [-0.15, -0.1) is 0 Å². The van der Waals surface area contributed by atoms with Gasteiger partial charge >= 0.3 is 0 Å². The Hall–Kier alpha value is -0.580. The van der Waals surface area contributed by atoms with Gasteiger partial charge in [0.05, 0.1) is 10.6 Å². The zero-order valence-corrected chi connectivity index (χ0v) is 11.4. The van der Waals surface area contributed by atoms with Gasteiger partial charge in [-0.2, -0.15) is 0 Å². The largest absolute Gasteiger partial charge is 0.342 e. The maximum atomic E-state index is 12.0. The van der Waals surface area contributed by atoms with Crippen LogP contribution in [0.3, 0.4) is 0 Å². The summed E-state index contributed by atoms with van der Waals surface area (Å²) < 4.78 is 0.729. The fraction of sp³-hybridized carbons (Fsp3) is 0.364. The Morgan fingerprint density at radius 2 is 2.25 bits per heavy atom. The van der Waals surface area contributed by atoms with E-state index < -0.39 is 0 Å². The lowest BCUT2D eigenvalue weighted by Crippen LogP contribution is -2.29. The summed E-state index contributed by atoms with van der Waals surface area (Å²) in [4.78, 5) is 13.6. The van der Waals surface area contributed by atoms with E-state index in [0.717, 1.165) is 10.9 Å². The summed E-state index contributed by atoms with van der Waals surface area (Å²) in [6.45, 7) is 1.21. The first-order valence-corrected chi connectivity index (χ1v) is 6.14. The minimum Gasteiger partial charge on any atom is -0.342 e. The molecule has 1 amide bonds. The number of carbonyl (C=O) groups excluding carboxylic acids is 1. The number of halogens is 2. The highest BCUT2D eigenvalue weighted by Crippen LogP contribution is 2.26. The minimum absolute atomic E-state index is 0.0836. The van der Waals surface area contributed by atoms with E-state index in [4.69, 9.17) is 17.3 Å². The molecule has 1 aromatic carbocycles. The maximum Gasteiger partial charge on any atom is 0.255 e. The number of amides is 1. The van der Waals surface area contributed by atoms with Crippen molar-refractivity contribution in [2.75, 3.05) is 20.1 Å². The second-order valence-electron chi connectivity index (χ2n) is 3.47. The van der Waals surface area contributed by atoms with Crippen molar-refractivity contribution in [1.29, 1.82) is 0 Å². The third kappa shape index (κ3) is 3.20. The lowest BCUT2D eigenvalue weighted by molar-refractivity contribution is 0.0794. The maximum absolute atomic E-state index is 12.0. The molecule has 0 atom stereocenters. The van der Waals surface area contributed by atoms with E-state index in [1.165, 1.54) is 0 Å². The van der Waals surface area contributed by atoms with E-state index in [9.17, 15) is 4.79 Å². The van der Waals surface area contributed by atoms with E-state index in [-0.39, 0.29) is 5.91 Å². The molecular formula is C11H14BrClN2O. The number of benzene rings is 1. The summed E-state index contributed by atoms with van der Waals surface area (Å²) in [5.41, 5.74) is 5.91. The van der Waals surface area contributed by atoms with Crippen LogP contribution in [-0.2, 0) is 0 Å². The Morgan fingerprint density at radius 1 is 1.56 bits per heavy atom. The molecule has 0 aliphatic heterocycles. The standard InChI is InChI=1S/C11H14BrClN2O/c1-15(7-3-6-14)11(16)8-4-2-5-9(12)10(8)13/h2,4-5H,3,6-7,14H2,1H3. The third-order valence-electron chi connectivity index (χ3n) is 2.23. The molecule has 0 aliphatic rings. The normalized spacial score (nSPS) is 10.2. The molecule has 0 radical (unpaired) electrons. The summed E-state index contributed by atoms with van der Waals surface area (Å²) >= 11 is 9.34. The molecule has 16 heavy (non-hydrogen) atoms. The van der Waals surface area contributed by atoms with Crippen molar-refractivity contribution in [3.8, 4) is 0 Å². The van der Waals surface area contributed by atoms with Crippen molar-refractivity contribution in [2.45, 2.75) is 6.42 Å². The van der Waals surface area contributed by atoms with Crippen LogP contribution in [-0.4, -0.2) is 30.9 Å². The molecule has 5 heteroatoms. The molecule has 0 aromatic heterocycles. The summed E-state index contributed by atoms with van der Waals surface area (Å²) in [6, 6.07) is 5.31. The van der Waals surface area contributed by atoms with E-state index in [1.54, 1.807) is 30.1 Å². The van der Waals surface area contributed by atoms with Crippen LogP contribution in [0.15, 0.2) is 22.7 Å². The summed E-state index contributed by atoms with van der Waals surface area (Å²) in [6.07, 6.45) is 0.786. The van der Waals surface area contributed by atoms with Crippen LogP contribution in [0.2, 0.25) is 5.02 Å². The number of nitrogens with two attached hydrogens (primary N) is 1. The monoisotopic (exact) mass is 304 g/mol. The number of hydrogen-bond donors (Lipinski definition) is 1. The molecular weight excluding hydrogens is 291 g/mol. The predicted octanol–water partition coefficient (Wildman–Crippen LogP) is 2.52. The van der Waals surface area contributed by atoms with Crippen molar-refractivity contribution in [2.24, 2.45) is 5.73 Å². The smallest absolute Gasteiger partial charge is 0.255 e. The lowest BCUT2D eigenvalue weighted by atomic mass is 10.2. The van der Waals surface area contributed by atoms with Gasteiger partial charge in [-0.05, 0) is 41.0 Å². The zero-order chi connectivity index (χ0) is 12.1. The molecule has 0 aliphatic carbocycles. The van der Waals surface area contributed by atoms with Crippen LogP contribution in [0.4, 0.5) is 0 Å². The lowest BCUT2D eigenvalue weighted by Gasteiger charge is -2.17. The quantitative estimate of drug-likeness (QED) is 0.929. The van der Waals surface area contributed by atoms with Crippen molar-refractivity contribution in [3.63, 3.8) is 0 Å². The Labute approximate surface area is 109 Å². The summed E-state index contributed by atoms with van der Waals surface area (Å²) in [5.74, 6) is -0.0836. The molecule has 2 N–H and O–H groups in total. The van der Waals surface area contributed by atoms with Crippen molar-refractivity contribution in [3.05, 3.63) is 33.3 Å². The number of carbonyl (C=O) groups is 1. The van der Waals surface area contributed by atoms with E-state index in [0.29, 0.717) is 23.7 Å². The number of rotatable bonds is 4. The summed E-state index contributed by atoms with van der Waals surface area (Å²) in [7, 11) is 1.75. The van der Waals surface area contributed by atoms with Gasteiger partial charge in [0.25, 0.3) is 5.91 Å². The van der Waals surface area contributed by atoms with Gasteiger partial charge in [0.15, 0.2) is 0 Å². The van der Waals surface area contributed by atoms with Crippen LogP contribution in [0.1, 0.15) is 16.8 Å². The first kappa shape index (κ1) is 13.5. The number of nitrogens with zero attached hydrogens (tertiary/aromatic N) is 1. The minimum atomic E-state index is -0.0836. The average Bonchev–Trinajstić information content (AvgIpc) is 2.28. The molecule has 0 saturated heterocycles. The fourth-order valence-corrected chi connectivity index (χ4v) is 1.88. The topological polar surface area (TPSA) is 46.3 Å². The molecule has 0 heterocycles. The van der Waals surface area contributed by atoms with Crippen LogP contribution in [0, 0.1) is 0 Å². The molecule has 1 rings (SSSR count). The number of hydrogen-bond acceptors (Lipinski definition) is 2. The Bertz CT molecular complexity index is 384. The highest BCUT2D eigenvalue weighted by molar-refractivity contribution is 9.10. The second kappa shape index (κ2) is 6.23. The molecule has 88 valence electrons. The molecule has 1 aromatic rings. The highest BCUT2D eigenvalue weighted by Gasteiger charge is 2.15. The first-order chi connectivity index (χ1) is 7.57. The van der Waals surface area contributed by atoms with E-state index in [1.807, 2.05) is 0 Å². The van der Waals surface area contributed by atoms with Crippen molar-refractivity contribution in [1.82, 2.24) is 4.90 Å². The third-order valence-corrected chi connectivity index (χ3v) is 3.52. The summed E-state index contributed by atoms with van der Waals surface area (Å²) in [5, 5.41) is 0.451. The molecule has 0 fully saturated rings. The van der Waals surface area contributed by atoms with Gasteiger partial charge in [0, 0.05) is 18.1 Å².